The summed E-state index contributed by atoms with van der Waals surface area (Å²) in [6.45, 7) is 3.87. The van der Waals surface area contributed by atoms with E-state index in [2.05, 4.69) is 18.7 Å². The van der Waals surface area contributed by atoms with Crippen molar-refractivity contribution in [2.45, 2.75) is 5.92 Å². The van der Waals surface area contributed by atoms with Gasteiger partial charge in [-0.1, -0.05) is 48.5 Å². The van der Waals surface area contributed by atoms with Gasteiger partial charge >= 0.3 is 0 Å². The summed E-state index contributed by atoms with van der Waals surface area (Å²) in [5.41, 5.74) is 2.35. The Morgan fingerprint density at radius 2 is 1.44 bits per heavy atom. The molecule has 1 N–H and O–H groups in total. The zero-order chi connectivity index (χ0) is 11.4. The molecule has 0 amide bonds. The third kappa shape index (κ3) is 2.14. The Bertz CT molecular complexity index is 457. The molecule has 0 aliphatic carbocycles. The molecule has 0 saturated carbocycles. The lowest BCUT2D eigenvalue weighted by Crippen LogP contribution is -1.96. The summed E-state index contributed by atoms with van der Waals surface area (Å²) in [7, 11) is 0. The maximum Gasteiger partial charge on any atom is 0.115 e. The standard InChI is InChI=1S/C15H14O/c1-2-15(12-6-4-3-5-7-12)13-8-10-14(16)11-9-13/h2-11,15-16H,1H2/t15-/m0/s1. The highest BCUT2D eigenvalue weighted by molar-refractivity contribution is 5.38. The molecule has 16 heavy (non-hydrogen) atoms. The molecule has 1 atom stereocenters. The van der Waals surface area contributed by atoms with Gasteiger partial charge in [0.25, 0.3) is 0 Å². The van der Waals surface area contributed by atoms with Gasteiger partial charge in [0.05, 0.1) is 0 Å². The van der Waals surface area contributed by atoms with E-state index < -0.39 is 0 Å². The Hall–Kier alpha value is -2.02. The predicted octanol–water partition coefficient (Wildman–Crippen LogP) is 3.71. The van der Waals surface area contributed by atoms with Crippen LogP contribution in [0.25, 0.3) is 0 Å². The zero-order valence-corrected chi connectivity index (χ0v) is 9.01. The number of hydrogen-bond acceptors (Lipinski definition) is 1. The zero-order valence-electron chi connectivity index (χ0n) is 9.01. The summed E-state index contributed by atoms with van der Waals surface area (Å²) in [5, 5.41) is 9.26. The molecule has 0 saturated heterocycles. The molecule has 1 nitrogen and oxygen atoms in total. The molecular weight excluding hydrogens is 196 g/mol. The second kappa shape index (κ2) is 4.67. The molecule has 0 spiro atoms. The fraction of sp³-hybridized carbons (Fsp3) is 0.0667. The quantitative estimate of drug-likeness (QED) is 0.766. The molecule has 80 valence electrons. The molecule has 2 aromatic carbocycles. The summed E-state index contributed by atoms with van der Waals surface area (Å²) < 4.78 is 0. The van der Waals surface area contributed by atoms with Crippen molar-refractivity contribution < 1.29 is 5.11 Å². The Morgan fingerprint density at radius 1 is 0.875 bits per heavy atom. The van der Waals surface area contributed by atoms with Gasteiger partial charge < -0.3 is 5.11 Å². The minimum absolute atomic E-state index is 0.182. The van der Waals surface area contributed by atoms with E-state index in [9.17, 15) is 5.11 Å². The minimum Gasteiger partial charge on any atom is -0.508 e. The van der Waals surface area contributed by atoms with Crippen molar-refractivity contribution in [3.05, 3.63) is 78.4 Å². The van der Waals surface area contributed by atoms with Gasteiger partial charge in [0.2, 0.25) is 0 Å². The Morgan fingerprint density at radius 3 is 2.00 bits per heavy atom. The van der Waals surface area contributed by atoms with Crippen LogP contribution < -0.4 is 0 Å². The second-order valence-electron chi connectivity index (χ2n) is 3.72. The molecule has 0 unspecified atom stereocenters. The van der Waals surface area contributed by atoms with Crippen LogP contribution in [-0.4, -0.2) is 5.11 Å². The number of allylic oxidation sites excluding steroid dienone is 1. The lowest BCUT2D eigenvalue weighted by Gasteiger charge is -2.13. The summed E-state index contributed by atoms with van der Waals surface area (Å²) in [6, 6.07) is 17.5. The predicted molar refractivity (Wildman–Crippen MR) is 66.6 cm³/mol. The number of hydrogen-bond donors (Lipinski definition) is 1. The third-order valence-electron chi connectivity index (χ3n) is 2.65. The van der Waals surface area contributed by atoms with Crippen LogP contribution in [0.2, 0.25) is 0 Å². The van der Waals surface area contributed by atoms with Gasteiger partial charge in [-0.15, -0.1) is 6.58 Å². The van der Waals surface area contributed by atoms with Gasteiger partial charge in [0, 0.05) is 5.92 Å². The molecule has 0 aliphatic heterocycles. The molecule has 0 heterocycles. The Kier molecular flexibility index (Phi) is 3.06. The fourth-order valence-corrected chi connectivity index (χ4v) is 1.81. The van der Waals surface area contributed by atoms with Crippen LogP contribution in [0.5, 0.6) is 5.75 Å². The Labute approximate surface area is 95.7 Å². The minimum atomic E-state index is 0.182. The summed E-state index contributed by atoms with van der Waals surface area (Å²) >= 11 is 0. The van der Waals surface area contributed by atoms with Crippen LogP contribution in [0.3, 0.4) is 0 Å². The van der Waals surface area contributed by atoms with Crippen LogP contribution in [0.4, 0.5) is 0 Å². The van der Waals surface area contributed by atoms with Crippen LogP contribution in [0.15, 0.2) is 67.3 Å². The maximum absolute atomic E-state index is 9.26. The van der Waals surface area contributed by atoms with E-state index in [-0.39, 0.29) is 5.92 Å². The largest absolute Gasteiger partial charge is 0.508 e. The van der Waals surface area contributed by atoms with Crippen molar-refractivity contribution in [1.82, 2.24) is 0 Å². The summed E-state index contributed by atoms with van der Waals surface area (Å²) in [5.74, 6) is 0.474. The SMILES string of the molecule is C=C[C@@H](c1ccccc1)c1ccc(O)cc1. The molecule has 0 bridgehead atoms. The van der Waals surface area contributed by atoms with E-state index in [4.69, 9.17) is 0 Å². The highest BCUT2D eigenvalue weighted by atomic mass is 16.3. The number of phenolic OH excluding ortho intramolecular Hbond substituents is 1. The van der Waals surface area contributed by atoms with Crippen LogP contribution in [0, 0.1) is 0 Å². The van der Waals surface area contributed by atoms with E-state index in [1.165, 1.54) is 5.56 Å². The van der Waals surface area contributed by atoms with E-state index in [0.717, 1.165) is 5.56 Å². The second-order valence-corrected chi connectivity index (χ2v) is 3.72. The molecule has 2 aromatic rings. The van der Waals surface area contributed by atoms with E-state index in [1.807, 2.05) is 36.4 Å². The van der Waals surface area contributed by atoms with E-state index >= 15 is 0 Å². The third-order valence-corrected chi connectivity index (χ3v) is 2.65. The van der Waals surface area contributed by atoms with E-state index in [0.29, 0.717) is 5.75 Å². The average Bonchev–Trinajstić information content (AvgIpc) is 2.34. The first-order chi connectivity index (χ1) is 7.81. The Balaban J connectivity index is 2.37. The first-order valence-electron chi connectivity index (χ1n) is 5.27. The van der Waals surface area contributed by atoms with Crippen molar-refractivity contribution in [2.75, 3.05) is 0 Å². The van der Waals surface area contributed by atoms with Gasteiger partial charge in [-0.05, 0) is 23.3 Å². The fourth-order valence-electron chi connectivity index (χ4n) is 1.81. The smallest absolute Gasteiger partial charge is 0.115 e. The van der Waals surface area contributed by atoms with Gasteiger partial charge in [-0.2, -0.15) is 0 Å². The molecule has 1 heteroatoms. The summed E-state index contributed by atoms with van der Waals surface area (Å²) in [4.78, 5) is 0. The normalized spacial score (nSPS) is 12.0. The van der Waals surface area contributed by atoms with Gasteiger partial charge in [-0.25, -0.2) is 0 Å². The molecule has 0 fully saturated rings. The topological polar surface area (TPSA) is 20.2 Å². The van der Waals surface area contributed by atoms with Crippen molar-refractivity contribution >= 4 is 0 Å². The van der Waals surface area contributed by atoms with Gasteiger partial charge in [0.1, 0.15) is 5.75 Å². The van der Waals surface area contributed by atoms with Gasteiger partial charge in [-0.3, -0.25) is 0 Å². The van der Waals surface area contributed by atoms with Crippen LogP contribution in [0.1, 0.15) is 17.0 Å². The maximum atomic E-state index is 9.26. The van der Waals surface area contributed by atoms with Crippen LogP contribution in [-0.2, 0) is 0 Å². The average molecular weight is 210 g/mol. The highest BCUT2D eigenvalue weighted by Crippen LogP contribution is 2.26. The van der Waals surface area contributed by atoms with Crippen molar-refractivity contribution in [3.8, 4) is 5.75 Å². The van der Waals surface area contributed by atoms with Crippen molar-refractivity contribution in [3.63, 3.8) is 0 Å². The first kappa shape index (κ1) is 10.5. The monoisotopic (exact) mass is 210 g/mol. The highest BCUT2D eigenvalue weighted by Gasteiger charge is 2.09. The number of rotatable bonds is 3. The molecular formula is C15H14O. The molecule has 0 aliphatic rings. The van der Waals surface area contributed by atoms with E-state index in [1.54, 1.807) is 12.1 Å². The van der Waals surface area contributed by atoms with Gasteiger partial charge in [0.15, 0.2) is 0 Å². The first-order valence-corrected chi connectivity index (χ1v) is 5.27. The lowest BCUT2D eigenvalue weighted by atomic mass is 9.91. The van der Waals surface area contributed by atoms with Crippen molar-refractivity contribution in [2.24, 2.45) is 0 Å². The number of benzene rings is 2. The molecule has 2 rings (SSSR count). The number of phenols is 1. The summed E-state index contributed by atoms with van der Waals surface area (Å²) in [6.07, 6.45) is 1.92. The number of aromatic hydroxyl groups is 1. The molecule has 0 radical (unpaired) electrons. The molecule has 0 aromatic heterocycles. The van der Waals surface area contributed by atoms with Crippen LogP contribution >= 0.6 is 0 Å². The lowest BCUT2D eigenvalue weighted by molar-refractivity contribution is 0.475. The van der Waals surface area contributed by atoms with Crippen molar-refractivity contribution in [1.29, 1.82) is 0 Å².